The van der Waals surface area contributed by atoms with Crippen LogP contribution in [0.1, 0.15) is 70.2 Å². The lowest BCUT2D eigenvalue weighted by molar-refractivity contribution is -0.140. The van der Waals surface area contributed by atoms with E-state index in [1.807, 2.05) is 24.1 Å². The summed E-state index contributed by atoms with van der Waals surface area (Å²) in [5.74, 6) is 6.99. The van der Waals surface area contributed by atoms with E-state index in [1.54, 1.807) is 24.3 Å². The maximum Gasteiger partial charge on any atom is 0.406 e. The van der Waals surface area contributed by atoms with Crippen molar-refractivity contribution in [2.45, 2.75) is 84.7 Å². The van der Waals surface area contributed by atoms with Gasteiger partial charge in [0.05, 0.1) is 23.8 Å². The van der Waals surface area contributed by atoms with Crippen molar-refractivity contribution >= 4 is 28.0 Å². The minimum Gasteiger partial charge on any atom is -0.385 e. The van der Waals surface area contributed by atoms with Crippen LogP contribution in [0.2, 0.25) is 0 Å². The molecule has 2 heterocycles. The number of aromatic nitrogens is 1. The molecule has 3 unspecified atom stereocenters. The van der Waals surface area contributed by atoms with Gasteiger partial charge < -0.3 is 25.4 Å². The molecule has 266 valence electrons. The largest absolute Gasteiger partial charge is 0.406 e. The number of halogens is 4. The van der Waals surface area contributed by atoms with Crippen molar-refractivity contribution in [3.63, 3.8) is 0 Å². The first-order valence-electron chi connectivity index (χ1n) is 17.5. The summed E-state index contributed by atoms with van der Waals surface area (Å²) in [7, 11) is 1.88. The number of anilines is 2. The Morgan fingerprint density at radius 3 is 2.53 bits per heavy atom. The molecule has 1 aliphatic heterocycles. The second-order valence-corrected chi connectivity index (χ2v) is 13.7. The van der Waals surface area contributed by atoms with Crippen molar-refractivity contribution in [1.82, 2.24) is 14.8 Å². The fourth-order valence-electron chi connectivity index (χ4n) is 6.46. The maximum atomic E-state index is 14.8. The van der Waals surface area contributed by atoms with Crippen LogP contribution in [-0.2, 0) is 13.0 Å². The molecule has 1 aliphatic rings. The highest BCUT2D eigenvalue weighted by Gasteiger charge is 2.31. The minimum atomic E-state index is -4.43. The quantitative estimate of drug-likeness (QED) is 0.0852. The molecule has 0 bridgehead atoms. The van der Waals surface area contributed by atoms with Gasteiger partial charge in [0.15, 0.2) is 0 Å². The first-order valence-corrected chi connectivity index (χ1v) is 17.5. The van der Waals surface area contributed by atoms with Crippen LogP contribution in [0.5, 0.6) is 0 Å². The summed E-state index contributed by atoms with van der Waals surface area (Å²) in [5, 5.41) is 10.8. The lowest BCUT2D eigenvalue weighted by Gasteiger charge is -2.33. The molecule has 0 aliphatic carbocycles. The average Bonchev–Trinajstić information content (AvgIpc) is 3.39. The predicted octanol–water partition coefficient (Wildman–Crippen LogP) is 9.26. The van der Waals surface area contributed by atoms with E-state index in [1.165, 1.54) is 10.1 Å². The number of piperidine rings is 1. The van der Waals surface area contributed by atoms with Gasteiger partial charge in [-0.05, 0) is 91.9 Å². The summed E-state index contributed by atoms with van der Waals surface area (Å²) >= 11 is 0. The first kappa shape index (κ1) is 37.9. The number of hydrogen-bond donors (Lipinski definition) is 3. The van der Waals surface area contributed by atoms with Gasteiger partial charge >= 0.3 is 6.18 Å². The van der Waals surface area contributed by atoms with Gasteiger partial charge in [-0.2, -0.15) is 13.2 Å². The molecular weight excluding hydrogens is 626 g/mol. The highest BCUT2D eigenvalue weighted by Crippen LogP contribution is 2.32. The van der Waals surface area contributed by atoms with Gasteiger partial charge in [0.1, 0.15) is 12.7 Å². The van der Waals surface area contributed by atoms with Crippen molar-refractivity contribution < 1.29 is 17.6 Å². The molecular formula is C40H53F4N5. The molecule has 5 nitrogen and oxygen atoms in total. The van der Waals surface area contributed by atoms with Crippen molar-refractivity contribution in [3.8, 4) is 11.8 Å². The summed E-state index contributed by atoms with van der Waals surface area (Å²) < 4.78 is 57.1. The van der Waals surface area contributed by atoms with Crippen molar-refractivity contribution in [1.29, 1.82) is 0 Å². The molecule has 9 heteroatoms. The normalized spacial score (nSPS) is 17.4. The van der Waals surface area contributed by atoms with Gasteiger partial charge in [-0.1, -0.05) is 70.9 Å². The zero-order valence-corrected chi connectivity index (χ0v) is 29.7. The van der Waals surface area contributed by atoms with Crippen LogP contribution < -0.4 is 16.0 Å². The third kappa shape index (κ3) is 10.5. The summed E-state index contributed by atoms with van der Waals surface area (Å²) in [5.41, 5.74) is 6.48. The van der Waals surface area contributed by atoms with Crippen LogP contribution in [0.3, 0.4) is 0 Å². The third-order valence-corrected chi connectivity index (χ3v) is 9.46. The number of allylic oxidation sites excluding steroid dienone is 1. The van der Waals surface area contributed by atoms with Gasteiger partial charge in [0.2, 0.25) is 0 Å². The second kappa shape index (κ2) is 17.2. The Kier molecular flexibility index (Phi) is 13.3. The topological polar surface area (TPSA) is 44.3 Å². The first-order chi connectivity index (χ1) is 23.3. The molecule has 0 spiro atoms. The van der Waals surface area contributed by atoms with Gasteiger partial charge in [0, 0.05) is 42.1 Å². The third-order valence-electron chi connectivity index (χ3n) is 9.46. The fourth-order valence-corrected chi connectivity index (χ4v) is 6.46. The van der Waals surface area contributed by atoms with Crippen LogP contribution in [0.15, 0.2) is 61.2 Å². The molecule has 0 radical (unpaired) electrons. The molecule has 3 aromatic rings. The number of hydrogen-bond acceptors (Lipinski definition) is 4. The number of alkyl halides is 4. The molecule has 0 saturated carbocycles. The maximum absolute atomic E-state index is 14.8. The summed E-state index contributed by atoms with van der Waals surface area (Å²) in [6.07, 6.45) is -0.863. The number of benzene rings is 2. The monoisotopic (exact) mass is 679 g/mol. The van der Waals surface area contributed by atoms with Crippen LogP contribution in [0.25, 0.3) is 16.6 Å². The van der Waals surface area contributed by atoms with Crippen LogP contribution in [0, 0.1) is 23.7 Å². The number of aryl methyl sites for hydroxylation is 1. The van der Waals surface area contributed by atoms with Crippen molar-refractivity contribution in [2.24, 2.45) is 11.8 Å². The predicted molar refractivity (Wildman–Crippen MR) is 198 cm³/mol. The zero-order chi connectivity index (χ0) is 35.7. The Balaban J connectivity index is 1.47. The van der Waals surface area contributed by atoms with Crippen LogP contribution >= 0.6 is 0 Å². The standard InChI is InChI=1S/C40H53F4N5/c1-8-12-30(21-28(5)27(3)4)24-46-29(6)32-16-17-36(31(9-2)22-32)45-19-11-13-33-23-34-37(47-38-18-20-48(7)25-35(38)41)14-10-15-39(34)49(33)26-40(42,43)44/h10,14-17,22-23,27,30,35,38,45-47H,5-6,8-9,12,18-21,24-26H2,1-4,7H3. The molecule has 1 saturated heterocycles. The number of nitrogens with one attached hydrogen (secondary N) is 3. The van der Waals surface area contributed by atoms with E-state index in [0.29, 0.717) is 41.4 Å². The Hall–Kier alpha value is -3.90. The van der Waals surface area contributed by atoms with E-state index in [0.717, 1.165) is 61.3 Å². The molecule has 3 N–H and O–H groups in total. The Labute approximate surface area is 290 Å². The van der Waals surface area contributed by atoms with E-state index in [-0.39, 0.29) is 12.2 Å². The summed E-state index contributed by atoms with van der Waals surface area (Å²) in [4.78, 5) is 1.94. The Morgan fingerprint density at radius 2 is 1.86 bits per heavy atom. The number of rotatable bonds is 15. The van der Waals surface area contributed by atoms with Crippen molar-refractivity contribution in [3.05, 3.63) is 78.0 Å². The van der Waals surface area contributed by atoms with Crippen LogP contribution in [0.4, 0.5) is 28.9 Å². The molecule has 2 aromatic carbocycles. The second-order valence-electron chi connectivity index (χ2n) is 13.7. The highest BCUT2D eigenvalue weighted by atomic mass is 19.4. The van der Waals surface area contributed by atoms with E-state index in [4.69, 9.17) is 0 Å². The number of likely N-dealkylation sites (tertiary alicyclic amines) is 1. The van der Waals surface area contributed by atoms with Gasteiger partial charge in [-0.3, -0.25) is 0 Å². The summed E-state index contributed by atoms with van der Waals surface area (Å²) in [6.45, 7) is 18.2. The molecule has 3 atom stereocenters. The zero-order valence-electron chi connectivity index (χ0n) is 29.7. The number of nitrogens with zero attached hydrogens (tertiary/aromatic N) is 2. The smallest absolute Gasteiger partial charge is 0.385 e. The van der Waals surface area contributed by atoms with Gasteiger partial charge in [-0.15, -0.1) is 0 Å². The minimum absolute atomic E-state index is 0.252. The summed E-state index contributed by atoms with van der Waals surface area (Å²) in [6, 6.07) is 12.6. The lowest BCUT2D eigenvalue weighted by Crippen LogP contribution is -2.46. The molecule has 1 fully saturated rings. The molecule has 1 aromatic heterocycles. The van der Waals surface area contributed by atoms with Gasteiger partial charge in [-0.25, -0.2) is 4.39 Å². The van der Waals surface area contributed by atoms with Crippen LogP contribution in [-0.4, -0.2) is 61.1 Å². The average molecular weight is 680 g/mol. The Bertz CT molecular complexity index is 1640. The van der Waals surface area contributed by atoms with E-state index in [9.17, 15) is 17.6 Å². The number of fused-ring (bicyclic) bond motifs is 1. The van der Waals surface area contributed by atoms with E-state index >= 15 is 0 Å². The van der Waals surface area contributed by atoms with Gasteiger partial charge in [0.25, 0.3) is 0 Å². The lowest BCUT2D eigenvalue weighted by atomic mass is 9.90. The Morgan fingerprint density at radius 1 is 1.08 bits per heavy atom. The molecule has 4 rings (SSSR count). The molecule has 0 amide bonds. The molecule has 49 heavy (non-hydrogen) atoms. The fraction of sp³-hybridized carbons (Fsp3) is 0.500. The SMILES string of the molecule is C=C(NCC(CCC)CC(=C)C(C)C)c1ccc(NCC#Cc2cc3c(NC4CCN(C)CC4F)cccc3n2CC(F)(F)F)c(CC)c1. The van der Waals surface area contributed by atoms with E-state index in [2.05, 4.69) is 74.7 Å². The van der Waals surface area contributed by atoms with E-state index < -0.39 is 24.9 Å². The van der Waals surface area contributed by atoms with Crippen molar-refractivity contribution in [2.75, 3.05) is 43.9 Å². The highest BCUT2D eigenvalue weighted by molar-refractivity contribution is 5.94.